The van der Waals surface area contributed by atoms with Crippen LogP contribution in [-0.4, -0.2) is 9.97 Å². The summed E-state index contributed by atoms with van der Waals surface area (Å²) >= 11 is 0. The lowest BCUT2D eigenvalue weighted by atomic mass is 9.87. The summed E-state index contributed by atoms with van der Waals surface area (Å²) in [4.78, 5) is 7.67. The van der Waals surface area contributed by atoms with Crippen molar-refractivity contribution in [3.63, 3.8) is 0 Å². The van der Waals surface area contributed by atoms with Gasteiger partial charge in [0.25, 0.3) is 0 Å². The van der Waals surface area contributed by atoms with E-state index in [-0.39, 0.29) is 5.41 Å². The van der Waals surface area contributed by atoms with Crippen LogP contribution in [0.4, 0.5) is 0 Å². The molecule has 80 valence electrons. The number of aromatic amines is 1. The molecule has 1 N–H and O–H groups in total. The van der Waals surface area contributed by atoms with Crippen molar-refractivity contribution >= 4 is 11.0 Å². The van der Waals surface area contributed by atoms with Crippen LogP contribution in [-0.2, 0) is 11.8 Å². The fraction of sp³-hybridized carbons (Fsp3) is 0.462. The van der Waals surface area contributed by atoms with Crippen LogP contribution in [0.2, 0.25) is 0 Å². The first-order valence-electron chi connectivity index (χ1n) is 5.49. The van der Waals surface area contributed by atoms with Gasteiger partial charge in [0.2, 0.25) is 0 Å². The third-order valence-corrected chi connectivity index (χ3v) is 2.80. The molecular weight excluding hydrogens is 184 g/mol. The average molecular weight is 202 g/mol. The number of pyridine rings is 1. The van der Waals surface area contributed by atoms with Gasteiger partial charge < -0.3 is 4.98 Å². The lowest BCUT2D eigenvalue weighted by molar-refractivity contribution is 0.596. The molecule has 2 nitrogen and oxygen atoms in total. The van der Waals surface area contributed by atoms with Crippen molar-refractivity contribution in [2.75, 3.05) is 0 Å². The molecule has 15 heavy (non-hydrogen) atoms. The van der Waals surface area contributed by atoms with Gasteiger partial charge in [-0.3, -0.25) is 0 Å². The summed E-state index contributed by atoms with van der Waals surface area (Å²) in [6.07, 6.45) is 5.07. The number of rotatable bonds is 1. The average Bonchev–Trinajstić information content (AvgIpc) is 2.59. The second-order valence-electron chi connectivity index (χ2n) is 5.05. The molecule has 0 unspecified atom stereocenters. The number of nitrogens with one attached hydrogen (secondary N) is 1. The molecule has 2 aromatic heterocycles. The highest BCUT2D eigenvalue weighted by Gasteiger charge is 2.18. The van der Waals surface area contributed by atoms with E-state index in [2.05, 4.69) is 49.9 Å². The minimum atomic E-state index is 0.173. The zero-order valence-corrected chi connectivity index (χ0v) is 9.89. The summed E-state index contributed by atoms with van der Waals surface area (Å²) in [5.74, 6) is 0. The van der Waals surface area contributed by atoms with E-state index in [9.17, 15) is 0 Å². The number of hydrogen-bond donors (Lipinski definition) is 1. The number of hydrogen-bond acceptors (Lipinski definition) is 1. The maximum absolute atomic E-state index is 4.43. The fourth-order valence-electron chi connectivity index (χ4n) is 1.86. The standard InChI is InChI=1S/C13H18N2/c1-5-9-6-10-11(13(2,3)4)8-15-12(10)14-7-9/h6-8H,5H2,1-4H3,(H,14,15). The van der Waals surface area contributed by atoms with E-state index in [0.29, 0.717) is 0 Å². The topological polar surface area (TPSA) is 28.7 Å². The molecule has 2 rings (SSSR count). The van der Waals surface area contributed by atoms with Gasteiger partial charge in [-0.25, -0.2) is 4.98 Å². The Morgan fingerprint density at radius 3 is 2.67 bits per heavy atom. The zero-order valence-electron chi connectivity index (χ0n) is 9.89. The molecule has 2 aromatic rings. The third-order valence-electron chi connectivity index (χ3n) is 2.80. The Morgan fingerprint density at radius 2 is 2.07 bits per heavy atom. The van der Waals surface area contributed by atoms with Crippen molar-refractivity contribution in [3.05, 3.63) is 29.6 Å². The molecule has 0 aliphatic heterocycles. The van der Waals surface area contributed by atoms with E-state index in [1.807, 2.05) is 6.20 Å². The summed E-state index contributed by atoms with van der Waals surface area (Å²) in [5.41, 5.74) is 3.82. The SMILES string of the molecule is CCc1cnc2[nH]cc(C(C)(C)C)c2c1. The second-order valence-corrected chi connectivity index (χ2v) is 5.05. The Morgan fingerprint density at radius 1 is 1.33 bits per heavy atom. The van der Waals surface area contributed by atoms with Crippen molar-refractivity contribution in [1.29, 1.82) is 0 Å². The van der Waals surface area contributed by atoms with Crippen LogP contribution in [0.3, 0.4) is 0 Å². The second kappa shape index (κ2) is 3.37. The number of aryl methyl sites for hydroxylation is 1. The lowest BCUT2D eigenvalue weighted by Crippen LogP contribution is -2.10. The highest BCUT2D eigenvalue weighted by molar-refractivity contribution is 5.81. The molecule has 0 radical (unpaired) electrons. The lowest BCUT2D eigenvalue weighted by Gasteiger charge is -2.17. The van der Waals surface area contributed by atoms with Gasteiger partial charge in [0, 0.05) is 17.8 Å². The molecular formula is C13H18N2. The molecule has 0 aliphatic carbocycles. The molecule has 2 heterocycles. The van der Waals surface area contributed by atoms with E-state index in [0.717, 1.165) is 12.1 Å². The quantitative estimate of drug-likeness (QED) is 0.754. The number of H-pyrrole nitrogens is 1. The van der Waals surface area contributed by atoms with Crippen LogP contribution in [0.1, 0.15) is 38.8 Å². The van der Waals surface area contributed by atoms with Crippen LogP contribution in [0, 0.1) is 0 Å². The van der Waals surface area contributed by atoms with E-state index in [4.69, 9.17) is 0 Å². The number of aromatic nitrogens is 2. The Balaban J connectivity index is 2.67. The van der Waals surface area contributed by atoms with Gasteiger partial charge in [-0.15, -0.1) is 0 Å². The van der Waals surface area contributed by atoms with Crippen molar-refractivity contribution in [2.45, 2.75) is 39.5 Å². The van der Waals surface area contributed by atoms with Crippen LogP contribution in [0.15, 0.2) is 18.5 Å². The molecule has 0 spiro atoms. The maximum atomic E-state index is 4.43. The van der Waals surface area contributed by atoms with E-state index >= 15 is 0 Å². The van der Waals surface area contributed by atoms with Crippen molar-refractivity contribution in [3.8, 4) is 0 Å². The van der Waals surface area contributed by atoms with Gasteiger partial charge in [-0.2, -0.15) is 0 Å². The molecule has 0 aliphatic rings. The highest BCUT2D eigenvalue weighted by atomic mass is 14.8. The Labute approximate surface area is 90.7 Å². The van der Waals surface area contributed by atoms with Crippen LogP contribution < -0.4 is 0 Å². The third kappa shape index (κ3) is 1.76. The molecule has 2 heteroatoms. The largest absolute Gasteiger partial charge is 0.346 e. The van der Waals surface area contributed by atoms with Gasteiger partial charge in [0.15, 0.2) is 0 Å². The zero-order chi connectivity index (χ0) is 11.1. The Hall–Kier alpha value is -1.31. The van der Waals surface area contributed by atoms with E-state index < -0.39 is 0 Å². The summed E-state index contributed by atoms with van der Waals surface area (Å²) in [6.45, 7) is 8.85. The summed E-state index contributed by atoms with van der Waals surface area (Å²) in [6, 6.07) is 2.25. The van der Waals surface area contributed by atoms with Gasteiger partial charge >= 0.3 is 0 Å². The van der Waals surface area contributed by atoms with Crippen LogP contribution in [0.5, 0.6) is 0 Å². The van der Waals surface area contributed by atoms with Crippen LogP contribution >= 0.6 is 0 Å². The first-order chi connectivity index (χ1) is 7.02. The fourth-order valence-corrected chi connectivity index (χ4v) is 1.86. The first-order valence-corrected chi connectivity index (χ1v) is 5.49. The van der Waals surface area contributed by atoms with Crippen molar-refractivity contribution < 1.29 is 0 Å². The molecule has 0 aromatic carbocycles. The molecule has 0 atom stereocenters. The van der Waals surface area contributed by atoms with Crippen LogP contribution in [0.25, 0.3) is 11.0 Å². The van der Waals surface area contributed by atoms with Gasteiger partial charge in [-0.05, 0) is 29.0 Å². The highest BCUT2D eigenvalue weighted by Crippen LogP contribution is 2.29. The summed E-state index contributed by atoms with van der Waals surface area (Å²) in [5, 5.41) is 1.27. The Kier molecular flexibility index (Phi) is 2.29. The molecule has 0 fully saturated rings. The Bertz CT molecular complexity index is 475. The van der Waals surface area contributed by atoms with E-state index in [1.165, 1.54) is 16.5 Å². The van der Waals surface area contributed by atoms with Crippen molar-refractivity contribution in [2.24, 2.45) is 0 Å². The molecule has 0 saturated carbocycles. The number of nitrogens with zero attached hydrogens (tertiary/aromatic N) is 1. The van der Waals surface area contributed by atoms with Gasteiger partial charge in [0.1, 0.15) is 5.65 Å². The monoisotopic (exact) mass is 202 g/mol. The van der Waals surface area contributed by atoms with Gasteiger partial charge in [-0.1, -0.05) is 27.7 Å². The summed E-state index contributed by atoms with van der Waals surface area (Å²) in [7, 11) is 0. The molecule has 0 saturated heterocycles. The predicted octanol–water partition coefficient (Wildman–Crippen LogP) is 3.42. The minimum Gasteiger partial charge on any atom is -0.346 e. The smallest absolute Gasteiger partial charge is 0.137 e. The predicted molar refractivity (Wildman–Crippen MR) is 64.2 cm³/mol. The first kappa shape index (κ1) is 10.2. The maximum Gasteiger partial charge on any atom is 0.137 e. The molecule has 0 amide bonds. The summed E-state index contributed by atoms with van der Waals surface area (Å²) < 4.78 is 0. The minimum absolute atomic E-state index is 0.173. The normalized spacial score (nSPS) is 12.3. The van der Waals surface area contributed by atoms with Gasteiger partial charge in [0.05, 0.1) is 0 Å². The van der Waals surface area contributed by atoms with Crippen molar-refractivity contribution in [1.82, 2.24) is 9.97 Å². The molecule has 0 bridgehead atoms. The van der Waals surface area contributed by atoms with E-state index in [1.54, 1.807) is 0 Å². The number of fused-ring (bicyclic) bond motifs is 1.